The second kappa shape index (κ2) is 5.23. The zero-order valence-electron chi connectivity index (χ0n) is 10.6. The van der Waals surface area contributed by atoms with E-state index < -0.39 is 0 Å². The minimum atomic E-state index is 0.535. The number of rotatable bonds is 4. The van der Waals surface area contributed by atoms with E-state index in [0.717, 1.165) is 17.4 Å². The molecule has 0 atom stereocenters. The molecule has 1 aromatic carbocycles. The summed E-state index contributed by atoms with van der Waals surface area (Å²) in [6.45, 7) is 5.49. The van der Waals surface area contributed by atoms with Crippen LogP contribution in [0.15, 0.2) is 22.7 Å². The number of aromatic amines is 1. The van der Waals surface area contributed by atoms with Gasteiger partial charge < -0.3 is 10.3 Å². The highest BCUT2D eigenvalue weighted by Gasteiger charge is 2.13. The fourth-order valence-electron chi connectivity index (χ4n) is 2.25. The summed E-state index contributed by atoms with van der Waals surface area (Å²) in [6, 6.07) is 6.45. The molecule has 3 heteroatoms. The molecule has 0 aliphatic heterocycles. The maximum absolute atomic E-state index is 3.55. The van der Waals surface area contributed by atoms with Crippen LogP contribution in [0.4, 0.5) is 0 Å². The van der Waals surface area contributed by atoms with E-state index in [1.165, 1.54) is 22.2 Å². The standard InChI is InChI=1S/C14H19BrN2/c1-9(2)14-11(6-7-16-3)12-8-10(15)4-5-13(12)17-14/h4-5,8-9,16-17H,6-7H2,1-3H3. The van der Waals surface area contributed by atoms with Crippen molar-refractivity contribution < 1.29 is 0 Å². The van der Waals surface area contributed by atoms with Gasteiger partial charge in [0.25, 0.3) is 0 Å². The quantitative estimate of drug-likeness (QED) is 0.882. The number of likely N-dealkylation sites (N-methyl/N-ethyl adjacent to an activating group) is 1. The van der Waals surface area contributed by atoms with E-state index in [0.29, 0.717) is 5.92 Å². The molecule has 92 valence electrons. The van der Waals surface area contributed by atoms with Crippen molar-refractivity contribution in [2.45, 2.75) is 26.2 Å². The Hall–Kier alpha value is -0.800. The lowest BCUT2D eigenvalue weighted by molar-refractivity contribution is 0.764. The molecule has 0 fully saturated rings. The smallest absolute Gasteiger partial charge is 0.0459 e. The summed E-state index contributed by atoms with van der Waals surface area (Å²) in [5.74, 6) is 0.535. The summed E-state index contributed by atoms with van der Waals surface area (Å²) in [7, 11) is 2.00. The predicted octanol–water partition coefficient (Wildman–Crippen LogP) is 3.82. The van der Waals surface area contributed by atoms with Gasteiger partial charge in [-0.05, 0) is 49.7 Å². The summed E-state index contributed by atoms with van der Waals surface area (Å²) >= 11 is 3.55. The van der Waals surface area contributed by atoms with E-state index in [2.05, 4.69) is 58.3 Å². The van der Waals surface area contributed by atoms with Gasteiger partial charge >= 0.3 is 0 Å². The number of H-pyrrole nitrogens is 1. The molecule has 0 bridgehead atoms. The van der Waals surface area contributed by atoms with Gasteiger partial charge in [0.1, 0.15) is 0 Å². The van der Waals surface area contributed by atoms with Crippen molar-refractivity contribution in [3.63, 3.8) is 0 Å². The topological polar surface area (TPSA) is 27.8 Å². The number of nitrogens with one attached hydrogen (secondary N) is 2. The fraction of sp³-hybridized carbons (Fsp3) is 0.429. The molecular formula is C14H19BrN2. The molecule has 0 aliphatic carbocycles. The molecule has 0 spiro atoms. The van der Waals surface area contributed by atoms with Crippen LogP contribution in [0, 0.1) is 0 Å². The second-order valence-corrected chi connectivity index (χ2v) is 5.63. The van der Waals surface area contributed by atoms with Crippen molar-refractivity contribution in [3.8, 4) is 0 Å². The third-order valence-corrected chi connectivity index (χ3v) is 3.60. The van der Waals surface area contributed by atoms with Crippen LogP contribution in [0.2, 0.25) is 0 Å². The first-order chi connectivity index (χ1) is 8.13. The fourth-order valence-corrected chi connectivity index (χ4v) is 2.61. The highest BCUT2D eigenvalue weighted by atomic mass is 79.9. The van der Waals surface area contributed by atoms with Crippen molar-refractivity contribution in [3.05, 3.63) is 33.9 Å². The van der Waals surface area contributed by atoms with Crippen LogP contribution in [-0.2, 0) is 6.42 Å². The molecule has 0 radical (unpaired) electrons. The molecule has 0 saturated heterocycles. The van der Waals surface area contributed by atoms with Crippen molar-refractivity contribution in [2.75, 3.05) is 13.6 Å². The Balaban J connectivity index is 2.56. The van der Waals surface area contributed by atoms with Crippen molar-refractivity contribution in [1.29, 1.82) is 0 Å². The Morgan fingerprint density at radius 2 is 2.12 bits per heavy atom. The van der Waals surface area contributed by atoms with E-state index in [1.807, 2.05) is 7.05 Å². The Labute approximate surface area is 111 Å². The lowest BCUT2D eigenvalue weighted by Gasteiger charge is -2.07. The average Bonchev–Trinajstić information content (AvgIpc) is 2.64. The zero-order chi connectivity index (χ0) is 12.4. The number of aromatic nitrogens is 1. The van der Waals surface area contributed by atoms with E-state index in [-0.39, 0.29) is 0 Å². The van der Waals surface area contributed by atoms with Gasteiger partial charge in [-0.1, -0.05) is 29.8 Å². The van der Waals surface area contributed by atoms with Crippen LogP contribution in [0.1, 0.15) is 31.0 Å². The normalized spacial score (nSPS) is 11.6. The van der Waals surface area contributed by atoms with Crippen LogP contribution in [0.5, 0.6) is 0 Å². The van der Waals surface area contributed by atoms with Crippen molar-refractivity contribution in [2.24, 2.45) is 0 Å². The van der Waals surface area contributed by atoms with Crippen LogP contribution in [0.25, 0.3) is 10.9 Å². The summed E-state index contributed by atoms with van der Waals surface area (Å²) < 4.78 is 1.14. The third-order valence-electron chi connectivity index (χ3n) is 3.10. The number of fused-ring (bicyclic) bond motifs is 1. The minimum absolute atomic E-state index is 0.535. The number of hydrogen-bond donors (Lipinski definition) is 2. The Morgan fingerprint density at radius 1 is 1.35 bits per heavy atom. The highest BCUT2D eigenvalue weighted by Crippen LogP contribution is 2.29. The van der Waals surface area contributed by atoms with Gasteiger partial charge in [-0.25, -0.2) is 0 Å². The molecule has 1 aromatic heterocycles. The summed E-state index contributed by atoms with van der Waals surface area (Å²) in [4.78, 5) is 3.55. The van der Waals surface area contributed by atoms with E-state index in [9.17, 15) is 0 Å². The van der Waals surface area contributed by atoms with E-state index >= 15 is 0 Å². The highest BCUT2D eigenvalue weighted by molar-refractivity contribution is 9.10. The molecule has 0 amide bonds. The molecule has 2 aromatic rings. The molecule has 0 aliphatic rings. The van der Waals surface area contributed by atoms with Crippen LogP contribution < -0.4 is 5.32 Å². The van der Waals surface area contributed by atoms with E-state index in [1.54, 1.807) is 0 Å². The summed E-state index contributed by atoms with van der Waals surface area (Å²) in [5.41, 5.74) is 4.06. The molecule has 0 unspecified atom stereocenters. The molecule has 0 saturated carbocycles. The van der Waals surface area contributed by atoms with Gasteiger partial charge in [0, 0.05) is 21.1 Å². The van der Waals surface area contributed by atoms with Crippen molar-refractivity contribution in [1.82, 2.24) is 10.3 Å². The van der Waals surface area contributed by atoms with Crippen LogP contribution in [0.3, 0.4) is 0 Å². The first-order valence-corrected chi connectivity index (χ1v) is 6.87. The van der Waals surface area contributed by atoms with Gasteiger partial charge in [-0.3, -0.25) is 0 Å². The second-order valence-electron chi connectivity index (χ2n) is 4.72. The van der Waals surface area contributed by atoms with Gasteiger partial charge in [0.15, 0.2) is 0 Å². The maximum Gasteiger partial charge on any atom is 0.0459 e. The first-order valence-electron chi connectivity index (χ1n) is 6.08. The lowest BCUT2D eigenvalue weighted by atomic mass is 10.0. The lowest BCUT2D eigenvalue weighted by Crippen LogP contribution is -2.11. The Bertz CT molecular complexity index is 514. The van der Waals surface area contributed by atoms with Crippen LogP contribution in [-0.4, -0.2) is 18.6 Å². The molecule has 17 heavy (non-hydrogen) atoms. The van der Waals surface area contributed by atoms with Gasteiger partial charge in [0.05, 0.1) is 0 Å². The monoisotopic (exact) mass is 294 g/mol. The van der Waals surface area contributed by atoms with E-state index in [4.69, 9.17) is 0 Å². The van der Waals surface area contributed by atoms with Crippen molar-refractivity contribution >= 4 is 26.8 Å². The predicted molar refractivity (Wildman–Crippen MR) is 77.7 cm³/mol. The number of halogens is 1. The largest absolute Gasteiger partial charge is 0.358 e. The zero-order valence-corrected chi connectivity index (χ0v) is 12.2. The number of hydrogen-bond acceptors (Lipinski definition) is 1. The first kappa shape index (κ1) is 12.7. The van der Waals surface area contributed by atoms with Gasteiger partial charge in [-0.2, -0.15) is 0 Å². The number of benzene rings is 1. The Morgan fingerprint density at radius 3 is 2.76 bits per heavy atom. The average molecular weight is 295 g/mol. The molecule has 2 rings (SSSR count). The molecule has 2 N–H and O–H groups in total. The minimum Gasteiger partial charge on any atom is -0.358 e. The molecule has 2 nitrogen and oxygen atoms in total. The van der Waals surface area contributed by atoms with Gasteiger partial charge in [0.2, 0.25) is 0 Å². The SMILES string of the molecule is CNCCc1c(C(C)C)[nH]c2ccc(Br)cc12. The van der Waals surface area contributed by atoms with Gasteiger partial charge in [-0.15, -0.1) is 0 Å². The maximum atomic E-state index is 3.55. The van der Waals surface area contributed by atoms with Crippen LogP contribution >= 0.6 is 15.9 Å². The molecular weight excluding hydrogens is 276 g/mol. The summed E-state index contributed by atoms with van der Waals surface area (Å²) in [6.07, 6.45) is 1.07. The third kappa shape index (κ3) is 2.55. The Kier molecular flexibility index (Phi) is 3.89. The molecule has 1 heterocycles. The summed E-state index contributed by atoms with van der Waals surface area (Å²) in [5, 5.41) is 4.57.